The smallest absolute Gasteiger partial charge is 0.244 e. The molecule has 0 radical (unpaired) electrons. The Hall–Kier alpha value is -1.19. The number of methoxy groups -OCH3 is 1. The van der Waals surface area contributed by atoms with E-state index in [-0.39, 0.29) is 15.8 Å². The summed E-state index contributed by atoms with van der Waals surface area (Å²) in [6.07, 6.45) is 3.64. The van der Waals surface area contributed by atoms with E-state index in [1.165, 1.54) is 4.31 Å². The molecule has 29 heavy (non-hydrogen) atoms. The number of benzene rings is 1. The van der Waals surface area contributed by atoms with Gasteiger partial charge in [-0.25, -0.2) is 8.42 Å². The zero-order valence-electron chi connectivity index (χ0n) is 16.8. The number of primary amides is 1. The van der Waals surface area contributed by atoms with Crippen molar-refractivity contribution in [3.05, 3.63) is 29.3 Å². The lowest BCUT2D eigenvalue weighted by Crippen LogP contribution is -2.53. The number of amides is 1. The molecule has 2 heterocycles. The number of piperidine rings is 2. The van der Waals surface area contributed by atoms with Gasteiger partial charge in [-0.2, -0.15) is 4.31 Å². The van der Waals surface area contributed by atoms with Gasteiger partial charge in [0.25, 0.3) is 0 Å². The molecule has 2 saturated heterocycles. The second-order valence-corrected chi connectivity index (χ2v) is 10.3. The Kier molecular flexibility index (Phi) is 7.22. The number of carbonyl (C=O) groups excluding carboxylic acids is 1. The number of rotatable bonds is 7. The normalized spacial score (nSPS) is 21.9. The van der Waals surface area contributed by atoms with Gasteiger partial charge in [0, 0.05) is 32.8 Å². The quantitative estimate of drug-likeness (QED) is 0.696. The standard InChI is InChI=1S/C20H30ClN3O4S/c1-28-15-10-20(19(22)25)8-13-23(14-9-20)16-6-11-24(12-7-16)29(26,27)18-5-3-2-4-17(18)21/h2-5,16H,6-15H2,1H3,(H2,22,25). The van der Waals surface area contributed by atoms with Crippen molar-refractivity contribution >= 4 is 27.5 Å². The Balaban J connectivity index is 1.58. The van der Waals surface area contributed by atoms with Crippen LogP contribution in [0.5, 0.6) is 0 Å². The van der Waals surface area contributed by atoms with E-state index >= 15 is 0 Å². The molecule has 2 fully saturated rings. The van der Waals surface area contributed by atoms with Crippen LogP contribution in [0, 0.1) is 5.41 Å². The molecule has 1 aromatic rings. The van der Waals surface area contributed by atoms with Crippen LogP contribution >= 0.6 is 11.6 Å². The summed E-state index contributed by atoms with van der Waals surface area (Å²) < 4.78 is 32.5. The summed E-state index contributed by atoms with van der Waals surface area (Å²) in [7, 11) is -1.95. The van der Waals surface area contributed by atoms with Crippen molar-refractivity contribution in [1.82, 2.24) is 9.21 Å². The molecule has 0 unspecified atom stereocenters. The molecule has 9 heteroatoms. The minimum absolute atomic E-state index is 0.169. The van der Waals surface area contributed by atoms with E-state index in [1.54, 1.807) is 31.4 Å². The zero-order valence-corrected chi connectivity index (χ0v) is 18.4. The highest BCUT2D eigenvalue weighted by Crippen LogP contribution is 2.37. The summed E-state index contributed by atoms with van der Waals surface area (Å²) in [4.78, 5) is 14.6. The van der Waals surface area contributed by atoms with Gasteiger partial charge < -0.3 is 15.4 Å². The number of likely N-dealkylation sites (tertiary alicyclic amines) is 1. The number of nitrogens with two attached hydrogens (primary N) is 1. The molecule has 0 aromatic heterocycles. The Bertz CT molecular complexity index is 817. The molecule has 162 valence electrons. The molecule has 0 saturated carbocycles. The van der Waals surface area contributed by atoms with Crippen molar-refractivity contribution in [2.75, 3.05) is 39.9 Å². The summed E-state index contributed by atoms with van der Waals surface area (Å²) in [5.74, 6) is -0.241. The molecule has 0 aliphatic carbocycles. The fourth-order valence-electron chi connectivity index (χ4n) is 4.47. The van der Waals surface area contributed by atoms with E-state index in [0.29, 0.717) is 32.2 Å². The van der Waals surface area contributed by atoms with Gasteiger partial charge in [0.15, 0.2) is 0 Å². The maximum atomic E-state index is 12.9. The lowest BCUT2D eigenvalue weighted by atomic mass is 9.74. The third kappa shape index (κ3) is 4.77. The molecule has 0 bridgehead atoms. The minimum atomic E-state index is -3.58. The summed E-state index contributed by atoms with van der Waals surface area (Å²) in [5.41, 5.74) is 5.22. The van der Waals surface area contributed by atoms with Gasteiger partial charge in [0.2, 0.25) is 15.9 Å². The third-order valence-electron chi connectivity index (χ3n) is 6.46. The fraction of sp³-hybridized carbons (Fsp3) is 0.650. The van der Waals surface area contributed by atoms with Gasteiger partial charge in [-0.1, -0.05) is 23.7 Å². The lowest BCUT2D eigenvalue weighted by Gasteiger charge is -2.45. The maximum Gasteiger partial charge on any atom is 0.244 e. The van der Waals surface area contributed by atoms with E-state index in [0.717, 1.165) is 38.8 Å². The van der Waals surface area contributed by atoms with E-state index in [2.05, 4.69) is 4.90 Å². The number of carbonyl (C=O) groups is 1. The van der Waals surface area contributed by atoms with Crippen LogP contribution in [0.1, 0.15) is 32.1 Å². The number of hydrogen-bond acceptors (Lipinski definition) is 5. The topological polar surface area (TPSA) is 92.9 Å². The van der Waals surface area contributed by atoms with E-state index in [4.69, 9.17) is 22.1 Å². The van der Waals surface area contributed by atoms with Gasteiger partial charge in [-0.3, -0.25) is 4.79 Å². The van der Waals surface area contributed by atoms with Crippen molar-refractivity contribution in [3.8, 4) is 0 Å². The average molecular weight is 444 g/mol. The zero-order chi connectivity index (χ0) is 21.1. The second kappa shape index (κ2) is 9.31. The number of ether oxygens (including phenoxy) is 1. The highest BCUT2D eigenvalue weighted by molar-refractivity contribution is 7.89. The van der Waals surface area contributed by atoms with Crippen LogP contribution in [0.4, 0.5) is 0 Å². The predicted octanol–water partition coefficient (Wildman–Crippen LogP) is 2.10. The molecule has 3 rings (SSSR count). The van der Waals surface area contributed by atoms with Crippen LogP contribution in [-0.2, 0) is 19.6 Å². The van der Waals surface area contributed by atoms with Crippen molar-refractivity contribution in [2.24, 2.45) is 11.1 Å². The largest absolute Gasteiger partial charge is 0.385 e. The van der Waals surface area contributed by atoms with E-state index in [1.807, 2.05) is 0 Å². The van der Waals surface area contributed by atoms with Crippen LogP contribution < -0.4 is 5.73 Å². The molecular formula is C20H30ClN3O4S. The molecule has 0 spiro atoms. The fourth-order valence-corrected chi connectivity index (χ4v) is 6.44. The lowest BCUT2D eigenvalue weighted by molar-refractivity contribution is -0.132. The number of hydrogen-bond donors (Lipinski definition) is 1. The summed E-state index contributed by atoms with van der Waals surface area (Å²) in [6, 6.07) is 6.89. The number of sulfonamides is 1. The Morgan fingerprint density at radius 1 is 1.21 bits per heavy atom. The van der Waals surface area contributed by atoms with Crippen molar-refractivity contribution in [2.45, 2.75) is 43.0 Å². The first-order valence-electron chi connectivity index (χ1n) is 10.1. The first kappa shape index (κ1) is 22.5. The van der Waals surface area contributed by atoms with Crippen LogP contribution in [0.3, 0.4) is 0 Å². The van der Waals surface area contributed by atoms with Gasteiger partial charge in [-0.05, 0) is 57.3 Å². The number of halogens is 1. The van der Waals surface area contributed by atoms with E-state index < -0.39 is 15.4 Å². The Morgan fingerprint density at radius 3 is 2.38 bits per heavy atom. The van der Waals surface area contributed by atoms with Gasteiger partial charge in [0.1, 0.15) is 4.90 Å². The summed E-state index contributed by atoms with van der Waals surface area (Å²) in [5, 5.41) is 0.254. The number of nitrogens with zero attached hydrogens (tertiary/aromatic N) is 2. The van der Waals surface area contributed by atoms with Crippen molar-refractivity contribution < 1.29 is 17.9 Å². The molecule has 1 amide bonds. The van der Waals surface area contributed by atoms with Crippen LogP contribution in [-0.4, -0.2) is 69.5 Å². The Morgan fingerprint density at radius 2 is 1.83 bits per heavy atom. The molecule has 2 N–H and O–H groups in total. The molecular weight excluding hydrogens is 414 g/mol. The van der Waals surface area contributed by atoms with Crippen molar-refractivity contribution in [3.63, 3.8) is 0 Å². The summed E-state index contributed by atoms with van der Waals surface area (Å²) in [6.45, 7) is 3.07. The van der Waals surface area contributed by atoms with Gasteiger partial charge in [-0.15, -0.1) is 0 Å². The SMILES string of the molecule is COCCC1(C(N)=O)CCN(C2CCN(S(=O)(=O)c3ccccc3Cl)CC2)CC1. The summed E-state index contributed by atoms with van der Waals surface area (Å²) >= 11 is 6.11. The van der Waals surface area contributed by atoms with Gasteiger partial charge >= 0.3 is 0 Å². The average Bonchev–Trinajstić information content (AvgIpc) is 2.73. The predicted molar refractivity (Wildman–Crippen MR) is 112 cm³/mol. The molecule has 0 atom stereocenters. The first-order chi connectivity index (χ1) is 13.8. The molecule has 7 nitrogen and oxygen atoms in total. The van der Waals surface area contributed by atoms with E-state index in [9.17, 15) is 13.2 Å². The highest BCUT2D eigenvalue weighted by Gasteiger charge is 2.41. The van der Waals surface area contributed by atoms with Crippen molar-refractivity contribution in [1.29, 1.82) is 0 Å². The second-order valence-electron chi connectivity index (χ2n) is 7.99. The van der Waals surface area contributed by atoms with Gasteiger partial charge in [0.05, 0.1) is 10.4 Å². The monoisotopic (exact) mass is 443 g/mol. The third-order valence-corrected chi connectivity index (χ3v) is 8.86. The molecule has 1 aromatic carbocycles. The minimum Gasteiger partial charge on any atom is -0.385 e. The molecule has 2 aliphatic rings. The van der Waals surface area contributed by atoms with Crippen LogP contribution in [0.25, 0.3) is 0 Å². The Labute approximate surface area is 178 Å². The first-order valence-corrected chi connectivity index (χ1v) is 11.9. The molecule has 2 aliphatic heterocycles. The van der Waals surface area contributed by atoms with Crippen LogP contribution in [0.15, 0.2) is 29.2 Å². The maximum absolute atomic E-state index is 12.9. The highest BCUT2D eigenvalue weighted by atomic mass is 35.5. The van der Waals surface area contributed by atoms with Crippen LogP contribution in [0.2, 0.25) is 5.02 Å².